The van der Waals surface area contributed by atoms with Crippen molar-refractivity contribution in [3.05, 3.63) is 0 Å². The number of aliphatic hydroxyl groups is 1. The molecule has 0 heterocycles. The fourth-order valence-corrected chi connectivity index (χ4v) is 2.83. The second-order valence-electron chi connectivity index (χ2n) is 8.58. The standard InChI is InChI=1S/C21H40N4O6/c1-8-11(5)15(19(28)24-16(21(30)31)12(6)9-2)23-20(29)17(13(7)26)25-18(27)14(22)10(3)4/h10-17,26H,8-9,22H2,1-7H3,(H,23,29)(H,24,28)(H,25,27)(H,30,31). The SMILES string of the molecule is CCC(C)C(NC(=O)C(NC(=O)C(NC(=O)C(N)C(C)C)C(C)O)C(C)CC)C(=O)O. The number of aliphatic hydroxyl groups excluding tert-OH is 1. The molecule has 180 valence electrons. The Labute approximate surface area is 184 Å². The summed E-state index contributed by atoms with van der Waals surface area (Å²) in [5.74, 6) is -3.95. The van der Waals surface area contributed by atoms with Gasteiger partial charge in [-0.15, -0.1) is 0 Å². The van der Waals surface area contributed by atoms with Crippen molar-refractivity contribution in [1.29, 1.82) is 0 Å². The number of nitrogens with two attached hydrogens (primary N) is 1. The van der Waals surface area contributed by atoms with Crippen molar-refractivity contribution in [2.24, 2.45) is 23.5 Å². The second-order valence-corrected chi connectivity index (χ2v) is 8.58. The van der Waals surface area contributed by atoms with Crippen molar-refractivity contribution in [3.63, 3.8) is 0 Å². The van der Waals surface area contributed by atoms with Crippen LogP contribution in [0.1, 0.15) is 61.3 Å². The molecule has 0 bridgehead atoms. The number of carboxylic acids is 1. The molecule has 0 rings (SSSR count). The fourth-order valence-electron chi connectivity index (χ4n) is 2.83. The Kier molecular flexibility index (Phi) is 12.3. The van der Waals surface area contributed by atoms with Gasteiger partial charge in [0.25, 0.3) is 0 Å². The summed E-state index contributed by atoms with van der Waals surface area (Å²) in [6.45, 7) is 11.9. The first-order valence-electron chi connectivity index (χ1n) is 10.9. The third-order valence-electron chi connectivity index (χ3n) is 5.65. The summed E-state index contributed by atoms with van der Waals surface area (Å²) >= 11 is 0. The third kappa shape index (κ3) is 8.82. The van der Waals surface area contributed by atoms with Crippen molar-refractivity contribution in [3.8, 4) is 0 Å². The Morgan fingerprint density at radius 1 is 0.742 bits per heavy atom. The van der Waals surface area contributed by atoms with E-state index in [-0.39, 0.29) is 17.8 Å². The predicted octanol–water partition coefficient (Wildman–Crippen LogP) is -0.0183. The van der Waals surface area contributed by atoms with Crippen LogP contribution in [0.2, 0.25) is 0 Å². The van der Waals surface area contributed by atoms with Crippen molar-refractivity contribution < 1.29 is 29.4 Å². The molecule has 7 N–H and O–H groups in total. The molecule has 7 unspecified atom stereocenters. The van der Waals surface area contributed by atoms with Crippen LogP contribution in [-0.4, -0.2) is 64.2 Å². The summed E-state index contributed by atoms with van der Waals surface area (Å²) in [5, 5.41) is 27.0. The summed E-state index contributed by atoms with van der Waals surface area (Å²) in [6.07, 6.45) is -0.163. The van der Waals surface area contributed by atoms with Crippen LogP contribution in [0.4, 0.5) is 0 Å². The van der Waals surface area contributed by atoms with E-state index in [1.165, 1.54) is 6.92 Å². The first kappa shape index (κ1) is 28.8. The maximum absolute atomic E-state index is 12.9. The first-order chi connectivity index (χ1) is 14.3. The predicted molar refractivity (Wildman–Crippen MR) is 117 cm³/mol. The van der Waals surface area contributed by atoms with Gasteiger partial charge in [-0.25, -0.2) is 4.79 Å². The lowest BCUT2D eigenvalue weighted by molar-refractivity contribution is -0.144. The molecule has 0 aromatic rings. The van der Waals surface area contributed by atoms with Crippen LogP contribution in [-0.2, 0) is 19.2 Å². The quantitative estimate of drug-likeness (QED) is 0.232. The topological polar surface area (TPSA) is 171 Å². The van der Waals surface area contributed by atoms with Crippen LogP contribution in [0.25, 0.3) is 0 Å². The van der Waals surface area contributed by atoms with Gasteiger partial charge in [-0.1, -0.05) is 54.4 Å². The van der Waals surface area contributed by atoms with Crippen LogP contribution in [0, 0.1) is 17.8 Å². The van der Waals surface area contributed by atoms with E-state index in [9.17, 15) is 29.4 Å². The molecule has 0 aliphatic carbocycles. The molecule has 0 saturated heterocycles. The largest absolute Gasteiger partial charge is 0.480 e. The zero-order chi connectivity index (χ0) is 24.5. The number of carbonyl (C=O) groups excluding carboxylic acids is 3. The fraction of sp³-hybridized carbons (Fsp3) is 0.810. The van der Waals surface area contributed by atoms with Crippen LogP contribution in [0.3, 0.4) is 0 Å². The molecule has 0 fully saturated rings. The normalized spacial score (nSPS) is 18.1. The lowest BCUT2D eigenvalue weighted by atomic mass is 9.95. The van der Waals surface area contributed by atoms with Gasteiger partial charge in [0.2, 0.25) is 17.7 Å². The van der Waals surface area contributed by atoms with Crippen LogP contribution < -0.4 is 21.7 Å². The van der Waals surface area contributed by atoms with Crippen LogP contribution >= 0.6 is 0 Å². The van der Waals surface area contributed by atoms with Gasteiger partial charge < -0.3 is 31.9 Å². The monoisotopic (exact) mass is 444 g/mol. The minimum absolute atomic E-state index is 0.176. The number of carbonyl (C=O) groups is 4. The van der Waals surface area contributed by atoms with Crippen molar-refractivity contribution in [2.75, 3.05) is 0 Å². The molecule has 0 aliphatic heterocycles. The van der Waals surface area contributed by atoms with Crippen LogP contribution in [0.5, 0.6) is 0 Å². The highest BCUT2D eigenvalue weighted by Gasteiger charge is 2.35. The van der Waals surface area contributed by atoms with E-state index in [1.54, 1.807) is 27.7 Å². The Hall–Kier alpha value is -2.20. The molecule has 10 heteroatoms. The summed E-state index contributed by atoms with van der Waals surface area (Å²) in [5.41, 5.74) is 5.81. The number of rotatable bonds is 13. The van der Waals surface area contributed by atoms with E-state index in [0.29, 0.717) is 12.8 Å². The van der Waals surface area contributed by atoms with Gasteiger partial charge >= 0.3 is 5.97 Å². The Morgan fingerprint density at radius 2 is 1.13 bits per heavy atom. The molecule has 0 aromatic carbocycles. The lowest BCUT2D eigenvalue weighted by Gasteiger charge is -2.30. The van der Waals surface area contributed by atoms with Gasteiger partial charge in [0, 0.05) is 0 Å². The zero-order valence-electron chi connectivity index (χ0n) is 19.6. The van der Waals surface area contributed by atoms with Gasteiger partial charge in [-0.3, -0.25) is 14.4 Å². The lowest BCUT2D eigenvalue weighted by Crippen LogP contribution is -2.61. The maximum atomic E-state index is 12.9. The summed E-state index contributed by atoms with van der Waals surface area (Å²) < 4.78 is 0. The molecule has 0 aromatic heterocycles. The molecular weight excluding hydrogens is 404 g/mol. The number of amides is 3. The molecule has 0 saturated carbocycles. The highest BCUT2D eigenvalue weighted by atomic mass is 16.4. The molecule has 0 radical (unpaired) electrons. The number of hydrogen-bond acceptors (Lipinski definition) is 6. The highest BCUT2D eigenvalue weighted by Crippen LogP contribution is 2.13. The summed E-state index contributed by atoms with van der Waals surface area (Å²) in [4.78, 5) is 49.5. The zero-order valence-corrected chi connectivity index (χ0v) is 19.6. The molecule has 0 aliphatic rings. The Balaban J connectivity index is 5.56. The molecule has 7 atom stereocenters. The summed E-state index contributed by atoms with van der Waals surface area (Å²) in [7, 11) is 0. The smallest absolute Gasteiger partial charge is 0.326 e. The summed E-state index contributed by atoms with van der Waals surface area (Å²) in [6, 6.07) is -4.33. The molecule has 31 heavy (non-hydrogen) atoms. The number of hydrogen-bond donors (Lipinski definition) is 6. The van der Waals surface area contributed by atoms with Crippen LogP contribution in [0.15, 0.2) is 0 Å². The number of carboxylic acid groups (broad SMARTS) is 1. The minimum atomic E-state index is -1.32. The van der Waals surface area contributed by atoms with Gasteiger partial charge in [-0.05, 0) is 24.7 Å². The third-order valence-corrected chi connectivity index (χ3v) is 5.65. The Morgan fingerprint density at radius 3 is 1.52 bits per heavy atom. The minimum Gasteiger partial charge on any atom is -0.480 e. The van der Waals surface area contributed by atoms with Crippen molar-refractivity contribution in [1.82, 2.24) is 16.0 Å². The van der Waals surface area contributed by atoms with Crippen molar-refractivity contribution in [2.45, 2.75) is 91.6 Å². The van der Waals surface area contributed by atoms with Gasteiger partial charge in [0.05, 0.1) is 12.1 Å². The molecule has 0 spiro atoms. The van der Waals surface area contributed by atoms with E-state index in [1.807, 2.05) is 13.8 Å². The van der Waals surface area contributed by atoms with E-state index >= 15 is 0 Å². The highest BCUT2D eigenvalue weighted by molar-refractivity contribution is 5.94. The van der Waals surface area contributed by atoms with Gasteiger partial charge in [-0.2, -0.15) is 0 Å². The average molecular weight is 445 g/mol. The Bertz CT molecular complexity index is 625. The number of nitrogens with one attached hydrogen (secondary N) is 3. The molecular formula is C21H40N4O6. The first-order valence-corrected chi connectivity index (χ1v) is 10.9. The van der Waals surface area contributed by atoms with Gasteiger partial charge in [0.15, 0.2) is 0 Å². The van der Waals surface area contributed by atoms with E-state index in [0.717, 1.165) is 0 Å². The molecule has 3 amide bonds. The van der Waals surface area contributed by atoms with E-state index in [2.05, 4.69) is 16.0 Å². The van der Waals surface area contributed by atoms with E-state index < -0.39 is 54.0 Å². The van der Waals surface area contributed by atoms with Crippen molar-refractivity contribution >= 4 is 23.7 Å². The van der Waals surface area contributed by atoms with E-state index in [4.69, 9.17) is 5.73 Å². The average Bonchev–Trinajstić information content (AvgIpc) is 2.70. The maximum Gasteiger partial charge on any atom is 0.326 e. The number of aliphatic carboxylic acids is 1. The molecule has 10 nitrogen and oxygen atoms in total. The second kappa shape index (κ2) is 13.3. The van der Waals surface area contributed by atoms with Gasteiger partial charge in [0.1, 0.15) is 18.1 Å².